The van der Waals surface area contributed by atoms with Crippen LogP contribution in [0.5, 0.6) is 5.75 Å². The first-order valence-corrected chi connectivity index (χ1v) is 9.09. The van der Waals surface area contributed by atoms with E-state index in [0.717, 1.165) is 37.7 Å². The number of aryl methyl sites for hydroxylation is 1. The Balaban J connectivity index is 1.78. The highest BCUT2D eigenvalue weighted by Crippen LogP contribution is 2.27. The molecule has 1 aromatic heterocycles. The molecule has 26 heavy (non-hydrogen) atoms. The van der Waals surface area contributed by atoms with E-state index in [1.165, 1.54) is 0 Å². The van der Waals surface area contributed by atoms with Crippen molar-refractivity contribution >= 4 is 29.0 Å². The molecule has 0 aliphatic carbocycles. The predicted molar refractivity (Wildman–Crippen MR) is 103 cm³/mol. The summed E-state index contributed by atoms with van der Waals surface area (Å²) in [5.41, 5.74) is 0.934. The zero-order valence-corrected chi connectivity index (χ0v) is 16.0. The smallest absolute Gasteiger partial charge is 0.274 e. The number of hydrogen-bond acceptors (Lipinski definition) is 5. The lowest BCUT2D eigenvalue weighted by Gasteiger charge is -2.31. The van der Waals surface area contributed by atoms with Crippen molar-refractivity contribution < 1.29 is 9.53 Å². The van der Waals surface area contributed by atoms with Crippen molar-refractivity contribution in [2.45, 2.75) is 26.7 Å². The lowest BCUT2D eigenvalue weighted by Crippen LogP contribution is -2.34. The van der Waals surface area contributed by atoms with E-state index in [1.807, 2.05) is 0 Å². The van der Waals surface area contributed by atoms with E-state index in [4.69, 9.17) is 16.3 Å². The molecule has 0 bridgehead atoms. The number of carbonyl (C=O) groups is 1. The zero-order chi connectivity index (χ0) is 18.7. The molecule has 2 heterocycles. The van der Waals surface area contributed by atoms with Gasteiger partial charge in [-0.1, -0.05) is 18.5 Å². The Morgan fingerprint density at radius 3 is 2.65 bits per heavy atom. The van der Waals surface area contributed by atoms with E-state index >= 15 is 0 Å². The fourth-order valence-electron chi connectivity index (χ4n) is 3.01. The molecule has 138 valence electrons. The maximum absolute atomic E-state index is 12.6. The first-order valence-electron chi connectivity index (χ1n) is 8.72. The predicted octanol–water partition coefficient (Wildman–Crippen LogP) is 3.94. The second-order valence-electron chi connectivity index (χ2n) is 6.63. The van der Waals surface area contributed by atoms with Gasteiger partial charge in [0.1, 0.15) is 23.1 Å². The number of hydrogen-bond donors (Lipinski definition) is 1. The number of nitrogens with one attached hydrogen (secondary N) is 1. The molecule has 1 aromatic carbocycles. The molecule has 0 saturated carbocycles. The molecule has 2 aromatic rings. The molecule has 7 heteroatoms. The average Bonchev–Trinajstić information content (AvgIpc) is 2.62. The lowest BCUT2D eigenvalue weighted by atomic mass is 9.99. The van der Waals surface area contributed by atoms with Gasteiger partial charge in [-0.15, -0.1) is 0 Å². The molecule has 0 radical (unpaired) electrons. The minimum Gasteiger partial charge on any atom is -0.495 e. The Kier molecular flexibility index (Phi) is 5.61. The van der Waals surface area contributed by atoms with Gasteiger partial charge in [-0.05, 0) is 43.9 Å². The monoisotopic (exact) mass is 374 g/mol. The number of piperidine rings is 1. The molecule has 0 unspecified atom stereocenters. The van der Waals surface area contributed by atoms with Crippen LogP contribution < -0.4 is 15.0 Å². The summed E-state index contributed by atoms with van der Waals surface area (Å²) in [6, 6.07) is 6.86. The van der Waals surface area contributed by atoms with Crippen LogP contribution in [0, 0.1) is 12.8 Å². The molecule has 1 aliphatic rings. The van der Waals surface area contributed by atoms with Gasteiger partial charge in [0, 0.05) is 24.8 Å². The Bertz CT molecular complexity index is 804. The van der Waals surface area contributed by atoms with E-state index in [0.29, 0.717) is 28.0 Å². The maximum Gasteiger partial charge on any atom is 0.274 e. The molecule has 0 atom stereocenters. The van der Waals surface area contributed by atoms with Crippen molar-refractivity contribution in [3.05, 3.63) is 40.8 Å². The topological polar surface area (TPSA) is 67.3 Å². The normalized spacial score (nSPS) is 15.0. The Labute approximate surface area is 158 Å². The summed E-state index contributed by atoms with van der Waals surface area (Å²) in [5.74, 6) is 2.39. The minimum atomic E-state index is -0.289. The number of methoxy groups -OCH3 is 1. The second kappa shape index (κ2) is 7.91. The van der Waals surface area contributed by atoms with Crippen LogP contribution in [0.4, 0.5) is 11.5 Å². The van der Waals surface area contributed by atoms with Gasteiger partial charge in [-0.3, -0.25) is 4.79 Å². The number of halogens is 1. The van der Waals surface area contributed by atoms with Crippen LogP contribution in [-0.2, 0) is 0 Å². The summed E-state index contributed by atoms with van der Waals surface area (Å²) in [6.07, 6.45) is 2.27. The number of anilines is 2. The van der Waals surface area contributed by atoms with Gasteiger partial charge in [0.2, 0.25) is 0 Å². The number of aromatic nitrogens is 2. The first-order chi connectivity index (χ1) is 12.5. The van der Waals surface area contributed by atoms with E-state index in [2.05, 4.69) is 27.1 Å². The standard InChI is InChI=1S/C19H23ClN4O2/c1-12-6-8-24(9-7-12)18-11-16(21-13(2)22-18)19(25)23-14-4-5-17(26-3)15(20)10-14/h4-5,10-12H,6-9H2,1-3H3,(H,23,25). The second-order valence-corrected chi connectivity index (χ2v) is 7.04. The molecular formula is C19H23ClN4O2. The van der Waals surface area contributed by atoms with Crippen LogP contribution in [0.25, 0.3) is 0 Å². The van der Waals surface area contributed by atoms with Crippen molar-refractivity contribution in [2.75, 3.05) is 30.4 Å². The molecule has 1 aliphatic heterocycles. The molecule has 6 nitrogen and oxygen atoms in total. The SMILES string of the molecule is COc1ccc(NC(=O)c2cc(N3CCC(C)CC3)nc(C)n2)cc1Cl. The van der Waals surface area contributed by atoms with Gasteiger partial charge < -0.3 is 15.0 Å². The Hall–Kier alpha value is -2.34. The van der Waals surface area contributed by atoms with Crippen LogP contribution in [0.2, 0.25) is 5.02 Å². The van der Waals surface area contributed by atoms with Crippen molar-refractivity contribution in [3.63, 3.8) is 0 Å². The van der Waals surface area contributed by atoms with Crippen LogP contribution >= 0.6 is 11.6 Å². The maximum atomic E-state index is 12.6. The number of nitrogens with zero attached hydrogens (tertiary/aromatic N) is 3. The summed E-state index contributed by atoms with van der Waals surface area (Å²) >= 11 is 6.11. The fourth-order valence-corrected chi connectivity index (χ4v) is 3.26. The highest BCUT2D eigenvalue weighted by Gasteiger charge is 2.19. The van der Waals surface area contributed by atoms with Crippen LogP contribution in [-0.4, -0.2) is 36.1 Å². The van der Waals surface area contributed by atoms with Crippen LogP contribution in [0.15, 0.2) is 24.3 Å². The average molecular weight is 375 g/mol. The summed E-state index contributed by atoms with van der Waals surface area (Å²) in [6.45, 7) is 5.97. The van der Waals surface area contributed by atoms with Crippen molar-refractivity contribution in [2.24, 2.45) is 5.92 Å². The van der Waals surface area contributed by atoms with Gasteiger partial charge in [0.05, 0.1) is 12.1 Å². The van der Waals surface area contributed by atoms with Crippen LogP contribution in [0.3, 0.4) is 0 Å². The first kappa shape index (κ1) is 18.5. The molecule has 1 saturated heterocycles. The van der Waals surface area contributed by atoms with Gasteiger partial charge in [-0.25, -0.2) is 9.97 Å². The number of amides is 1. The van der Waals surface area contributed by atoms with Gasteiger partial charge >= 0.3 is 0 Å². The third-order valence-corrected chi connectivity index (χ3v) is 4.87. The molecule has 0 spiro atoms. The highest BCUT2D eigenvalue weighted by molar-refractivity contribution is 6.32. The summed E-state index contributed by atoms with van der Waals surface area (Å²) in [5, 5.41) is 3.26. The minimum absolute atomic E-state index is 0.289. The van der Waals surface area contributed by atoms with Gasteiger partial charge in [0.15, 0.2) is 0 Å². The van der Waals surface area contributed by atoms with E-state index < -0.39 is 0 Å². The molecule has 1 amide bonds. The van der Waals surface area contributed by atoms with E-state index in [1.54, 1.807) is 38.3 Å². The van der Waals surface area contributed by atoms with Crippen LogP contribution in [0.1, 0.15) is 36.1 Å². The van der Waals surface area contributed by atoms with E-state index in [9.17, 15) is 4.79 Å². The fraction of sp³-hybridized carbons (Fsp3) is 0.421. The zero-order valence-electron chi connectivity index (χ0n) is 15.3. The summed E-state index contributed by atoms with van der Waals surface area (Å²) in [4.78, 5) is 23.6. The Morgan fingerprint density at radius 2 is 2.00 bits per heavy atom. The molecule has 1 fully saturated rings. The highest BCUT2D eigenvalue weighted by atomic mass is 35.5. The molecule has 3 rings (SSSR count). The number of rotatable bonds is 4. The van der Waals surface area contributed by atoms with Gasteiger partial charge in [0.25, 0.3) is 5.91 Å². The third kappa shape index (κ3) is 4.25. The third-order valence-electron chi connectivity index (χ3n) is 4.57. The van der Waals surface area contributed by atoms with Crippen molar-refractivity contribution in [3.8, 4) is 5.75 Å². The van der Waals surface area contributed by atoms with Gasteiger partial charge in [-0.2, -0.15) is 0 Å². The Morgan fingerprint density at radius 1 is 1.27 bits per heavy atom. The largest absolute Gasteiger partial charge is 0.495 e. The number of ether oxygens (including phenoxy) is 1. The summed E-state index contributed by atoms with van der Waals surface area (Å²) in [7, 11) is 1.55. The van der Waals surface area contributed by atoms with E-state index in [-0.39, 0.29) is 5.91 Å². The van der Waals surface area contributed by atoms with Crippen molar-refractivity contribution in [1.29, 1.82) is 0 Å². The number of benzene rings is 1. The quantitative estimate of drug-likeness (QED) is 0.878. The molecule has 1 N–H and O–H groups in total. The van der Waals surface area contributed by atoms with Crippen molar-refractivity contribution in [1.82, 2.24) is 9.97 Å². The summed E-state index contributed by atoms with van der Waals surface area (Å²) < 4.78 is 5.12. The molecular weight excluding hydrogens is 352 g/mol. The lowest BCUT2D eigenvalue weighted by molar-refractivity contribution is 0.102. The number of carbonyl (C=O) groups excluding carboxylic acids is 1.